The second-order valence-electron chi connectivity index (χ2n) is 4.41. The highest BCUT2D eigenvalue weighted by Crippen LogP contribution is 2.17. The monoisotopic (exact) mass is 264 g/mol. The van der Waals surface area contributed by atoms with Crippen molar-refractivity contribution in [2.75, 3.05) is 26.7 Å². The molecule has 1 aromatic rings. The van der Waals surface area contributed by atoms with Gasteiger partial charge in [-0.2, -0.15) is 0 Å². The summed E-state index contributed by atoms with van der Waals surface area (Å²) in [6.45, 7) is 4.37. The van der Waals surface area contributed by atoms with Gasteiger partial charge < -0.3 is 15.4 Å². The van der Waals surface area contributed by atoms with Crippen LogP contribution in [0.1, 0.15) is 25.3 Å². The van der Waals surface area contributed by atoms with Crippen molar-refractivity contribution in [3.8, 4) is 5.75 Å². The molecule has 0 radical (unpaired) electrons. The highest BCUT2D eigenvalue weighted by atomic mass is 16.5. The van der Waals surface area contributed by atoms with Crippen molar-refractivity contribution in [2.45, 2.75) is 26.2 Å². The van der Waals surface area contributed by atoms with Crippen molar-refractivity contribution >= 4 is 5.91 Å². The summed E-state index contributed by atoms with van der Waals surface area (Å²) < 4.78 is 5.29. The minimum atomic E-state index is 0.117. The lowest BCUT2D eigenvalue weighted by molar-refractivity contribution is -0.120. The van der Waals surface area contributed by atoms with Crippen molar-refractivity contribution in [3.63, 3.8) is 0 Å². The van der Waals surface area contributed by atoms with Gasteiger partial charge in [0.25, 0.3) is 0 Å². The van der Waals surface area contributed by atoms with E-state index in [1.54, 1.807) is 7.11 Å². The normalized spacial score (nSPS) is 10.2. The first-order valence-corrected chi connectivity index (χ1v) is 6.87. The fraction of sp³-hybridized carbons (Fsp3) is 0.533. The molecule has 4 nitrogen and oxygen atoms in total. The van der Waals surface area contributed by atoms with Gasteiger partial charge in [-0.25, -0.2) is 0 Å². The first kappa shape index (κ1) is 15.5. The Morgan fingerprint density at radius 2 is 2.00 bits per heavy atom. The number of nitrogens with one attached hydrogen (secondary N) is 2. The van der Waals surface area contributed by atoms with Crippen LogP contribution in [-0.4, -0.2) is 32.7 Å². The van der Waals surface area contributed by atoms with Gasteiger partial charge in [0.2, 0.25) is 5.91 Å². The maximum absolute atomic E-state index is 11.4. The van der Waals surface area contributed by atoms with Gasteiger partial charge in [0.15, 0.2) is 0 Å². The number of amides is 1. The third kappa shape index (κ3) is 6.25. The molecule has 1 rings (SSSR count). The van der Waals surface area contributed by atoms with Crippen molar-refractivity contribution in [2.24, 2.45) is 0 Å². The topological polar surface area (TPSA) is 50.4 Å². The molecular weight excluding hydrogens is 240 g/mol. The number of benzene rings is 1. The molecule has 0 unspecified atom stereocenters. The molecule has 0 aliphatic heterocycles. The molecule has 19 heavy (non-hydrogen) atoms. The number of rotatable bonds is 9. The number of hydrogen-bond donors (Lipinski definition) is 2. The van der Waals surface area contributed by atoms with Gasteiger partial charge in [0.1, 0.15) is 5.75 Å². The number of carbonyl (C=O) groups is 1. The Kier molecular flexibility index (Phi) is 7.66. The summed E-state index contributed by atoms with van der Waals surface area (Å²) in [6.07, 6.45) is 2.42. The van der Waals surface area contributed by atoms with E-state index in [2.05, 4.69) is 16.7 Å². The minimum Gasteiger partial charge on any atom is -0.496 e. The molecule has 4 heteroatoms. The lowest BCUT2D eigenvalue weighted by atomic mass is 10.1. The standard InChI is InChI=1S/C15H24N2O2/c1-3-10-17-15(18)9-12-16-11-8-13-6-4-5-7-14(13)19-2/h4-7,16H,3,8-12H2,1-2H3,(H,17,18). The summed E-state index contributed by atoms with van der Waals surface area (Å²) in [7, 11) is 1.68. The summed E-state index contributed by atoms with van der Waals surface area (Å²) in [5.74, 6) is 1.04. The average molecular weight is 264 g/mol. The van der Waals surface area contributed by atoms with Crippen LogP contribution in [0.15, 0.2) is 24.3 Å². The van der Waals surface area contributed by atoms with Crippen LogP contribution in [0, 0.1) is 0 Å². The predicted octanol–water partition coefficient (Wildman–Crippen LogP) is 1.74. The zero-order chi connectivity index (χ0) is 13.9. The fourth-order valence-corrected chi connectivity index (χ4v) is 1.81. The Bertz CT molecular complexity index is 380. The number of hydrogen-bond acceptors (Lipinski definition) is 3. The van der Waals surface area contributed by atoms with Crippen LogP contribution in [0.2, 0.25) is 0 Å². The number of methoxy groups -OCH3 is 1. The first-order valence-electron chi connectivity index (χ1n) is 6.87. The first-order chi connectivity index (χ1) is 9.27. The molecule has 1 amide bonds. The van der Waals surface area contributed by atoms with Gasteiger partial charge in [0, 0.05) is 19.5 Å². The Hall–Kier alpha value is -1.55. The maximum Gasteiger partial charge on any atom is 0.221 e. The van der Waals surface area contributed by atoms with Crippen LogP contribution in [-0.2, 0) is 11.2 Å². The number of para-hydroxylation sites is 1. The zero-order valence-corrected chi connectivity index (χ0v) is 11.9. The van der Waals surface area contributed by atoms with E-state index in [4.69, 9.17) is 4.74 Å². The summed E-state index contributed by atoms with van der Waals surface area (Å²) in [5, 5.41) is 6.14. The molecular formula is C15H24N2O2. The highest BCUT2D eigenvalue weighted by molar-refractivity contribution is 5.75. The summed E-state index contributed by atoms with van der Waals surface area (Å²) >= 11 is 0. The van der Waals surface area contributed by atoms with Crippen molar-refractivity contribution in [1.82, 2.24) is 10.6 Å². The summed E-state index contributed by atoms with van der Waals surface area (Å²) in [5.41, 5.74) is 1.19. The second kappa shape index (κ2) is 9.39. The zero-order valence-electron chi connectivity index (χ0n) is 11.9. The lowest BCUT2D eigenvalue weighted by Gasteiger charge is -2.09. The summed E-state index contributed by atoms with van der Waals surface area (Å²) in [4.78, 5) is 11.4. The molecule has 0 atom stereocenters. The van der Waals surface area contributed by atoms with E-state index in [9.17, 15) is 4.79 Å². The van der Waals surface area contributed by atoms with Crippen molar-refractivity contribution in [1.29, 1.82) is 0 Å². The van der Waals surface area contributed by atoms with Gasteiger partial charge in [-0.3, -0.25) is 4.79 Å². The average Bonchev–Trinajstić information content (AvgIpc) is 2.45. The SMILES string of the molecule is CCCNC(=O)CCNCCc1ccccc1OC. The van der Waals surface area contributed by atoms with Crippen molar-refractivity contribution < 1.29 is 9.53 Å². The van der Waals surface area contributed by atoms with Crippen LogP contribution >= 0.6 is 0 Å². The van der Waals surface area contributed by atoms with E-state index in [0.717, 1.165) is 31.7 Å². The largest absolute Gasteiger partial charge is 0.496 e. The van der Waals surface area contributed by atoms with E-state index < -0.39 is 0 Å². The Balaban J connectivity index is 2.15. The molecule has 0 heterocycles. The molecule has 106 valence electrons. The van der Waals surface area contributed by atoms with Crippen LogP contribution in [0.25, 0.3) is 0 Å². The van der Waals surface area contributed by atoms with Crippen LogP contribution in [0.4, 0.5) is 0 Å². The van der Waals surface area contributed by atoms with E-state index in [1.165, 1.54) is 5.56 Å². The van der Waals surface area contributed by atoms with Gasteiger partial charge in [-0.15, -0.1) is 0 Å². The van der Waals surface area contributed by atoms with E-state index >= 15 is 0 Å². The van der Waals surface area contributed by atoms with Gasteiger partial charge in [-0.1, -0.05) is 25.1 Å². The molecule has 0 fully saturated rings. The van der Waals surface area contributed by atoms with Gasteiger partial charge in [0.05, 0.1) is 7.11 Å². The number of ether oxygens (including phenoxy) is 1. The van der Waals surface area contributed by atoms with Gasteiger partial charge >= 0.3 is 0 Å². The van der Waals surface area contributed by atoms with Crippen LogP contribution in [0.5, 0.6) is 5.75 Å². The van der Waals surface area contributed by atoms with Crippen molar-refractivity contribution in [3.05, 3.63) is 29.8 Å². The van der Waals surface area contributed by atoms with E-state index in [1.807, 2.05) is 25.1 Å². The van der Waals surface area contributed by atoms with Crippen LogP contribution in [0.3, 0.4) is 0 Å². The molecule has 0 bridgehead atoms. The second-order valence-corrected chi connectivity index (χ2v) is 4.41. The Morgan fingerprint density at radius 1 is 1.21 bits per heavy atom. The molecule has 0 aliphatic carbocycles. The van der Waals surface area contributed by atoms with E-state index in [0.29, 0.717) is 13.0 Å². The Morgan fingerprint density at radius 3 is 2.74 bits per heavy atom. The molecule has 0 spiro atoms. The predicted molar refractivity (Wildman–Crippen MR) is 77.5 cm³/mol. The molecule has 0 aromatic heterocycles. The smallest absolute Gasteiger partial charge is 0.221 e. The lowest BCUT2D eigenvalue weighted by Crippen LogP contribution is -2.28. The quantitative estimate of drug-likeness (QED) is 0.668. The third-order valence-corrected chi connectivity index (χ3v) is 2.86. The molecule has 1 aromatic carbocycles. The molecule has 0 saturated carbocycles. The molecule has 2 N–H and O–H groups in total. The summed E-state index contributed by atoms with van der Waals surface area (Å²) in [6, 6.07) is 8.01. The molecule has 0 saturated heterocycles. The fourth-order valence-electron chi connectivity index (χ4n) is 1.81. The number of carbonyl (C=O) groups excluding carboxylic acids is 1. The van der Waals surface area contributed by atoms with Gasteiger partial charge in [-0.05, 0) is 31.0 Å². The highest BCUT2D eigenvalue weighted by Gasteiger charge is 2.02. The van der Waals surface area contributed by atoms with E-state index in [-0.39, 0.29) is 5.91 Å². The molecule has 0 aliphatic rings. The minimum absolute atomic E-state index is 0.117. The third-order valence-electron chi connectivity index (χ3n) is 2.86. The van der Waals surface area contributed by atoms with Crippen LogP contribution < -0.4 is 15.4 Å². The Labute approximate surface area is 115 Å². The maximum atomic E-state index is 11.4.